The van der Waals surface area contributed by atoms with Gasteiger partial charge in [0.05, 0.1) is 12.9 Å². The third kappa shape index (κ3) is 7.10. The Bertz CT molecular complexity index is 830. The predicted molar refractivity (Wildman–Crippen MR) is 103 cm³/mol. The van der Waals surface area contributed by atoms with Crippen LogP contribution >= 0.6 is 15.9 Å². The maximum absolute atomic E-state index is 12.5. The third-order valence-electron chi connectivity index (χ3n) is 3.31. The van der Waals surface area contributed by atoms with E-state index >= 15 is 0 Å². The van der Waals surface area contributed by atoms with Crippen LogP contribution in [0.5, 0.6) is 0 Å². The molecule has 2 N–H and O–H groups in total. The number of furan rings is 1. The minimum atomic E-state index is -0.531. The summed E-state index contributed by atoms with van der Waals surface area (Å²) < 4.78 is 10.7. The first kappa shape index (κ1) is 20.4. The van der Waals surface area contributed by atoms with Crippen molar-refractivity contribution < 1.29 is 23.5 Å². The highest BCUT2D eigenvalue weighted by atomic mass is 79.9. The SMILES string of the molecule is CC(=O)OCCCNC(=O)/C(=C\c1cccc(Br)c1)NC(=O)c1ccco1. The van der Waals surface area contributed by atoms with Gasteiger partial charge in [-0.2, -0.15) is 0 Å². The standard InChI is InChI=1S/C19H19BrN2O5/c1-13(23)26-10-4-8-21-18(24)16(12-14-5-2-6-15(20)11-14)22-19(25)17-7-3-9-27-17/h2-3,5-7,9,11-12H,4,8,10H2,1H3,(H,21,24)(H,22,25)/b16-12+. The first-order valence-electron chi connectivity index (χ1n) is 8.19. The van der Waals surface area contributed by atoms with E-state index in [1.54, 1.807) is 18.2 Å². The van der Waals surface area contributed by atoms with E-state index in [0.717, 1.165) is 10.0 Å². The Morgan fingerprint density at radius 1 is 1.22 bits per heavy atom. The van der Waals surface area contributed by atoms with E-state index < -0.39 is 11.8 Å². The molecule has 0 saturated carbocycles. The highest BCUT2D eigenvalue weighted by Gasteiger charge is 2.16. The van der Waals surface area contributed by atoms with Gasteiger partial charge in [0.1, 0.15) is 5.70 Å². The average molecular weight is 435 g/mol. The second-order valence-corrected chi connectivity index (χ2v) is 6.41. The lowest BCUT2D eigenvalue weighted by molar-refractivity contribution is -0.140. The van der Waals surface area contributed by atoms with E-state index in [9.17, 15) is 14.4 Å². The summed E-state index contributed by atoms with van der Waals surface area (Å²) in [5.74, 6) is -1.27. The fraction of sp³-hybridized carbons (Fsp3) is 0.211. The number of rotatable bonds is 8. The number of hydrogen-bond donors (Lipinski definition) is 2. The molecule has 0 spiro atoms. The van der Waals surface area contributed by atoms with Gasteiger partial charge in [-0.05, 0) is 42.3 Å². The number of hydrogen-bond acceptors (Lipinski definition) is 5. The minimum Gasteiger partial charge on any atom is -0.466 e. The van der Waals surface area contributed by atoms with Crippen LogP contribution in [0.25, 0.3) is 6.08 Å². The van der Waals surface area contributed by atoms with E-state index in [0.29, 0.717) is 13.0 Å². The summed E-state index contributed by atoms with van der Waals surface area (Å²) in [6.45, 7) is 1.82. The smallest absolute Gasteiger partial charge is 0.302 e. The highest BCUT2D eigenvalue weighted by Crippen LogP contribution is 2.14. The quantitative estimate of drug-likeness (QED) is 0.378. The Labute approximate surface area is 164 Å². The second-order valence-electron chi connectivity index (χ2n) is 5.49. The molecule has 0 radical (unpaired) electrons. The molecular weight excluding hydrogens is 416 g/mol. The zero-order valence-corrected chi connectivity index (χ0v) is 16.2. The number of amides is 2. The molecule has 1 heterocycles. The summed E-state index contributed by atoms with van der Waals surface area (Å²) in [6, 6.07) is 10.4. The Morgan fingerprint density at radius 3 is 2.70 bits per heavy atom. The normalized spacial score (nSPS) is 11.0. The van der Waals surface area contributed by atoms with Crippen LogP contribution in [0.15, 0.2) is 57.2 Å². The zero-order valence-electron chi connectivity index (χ0n) is 14.7. The molecule has 7 nitrogen and oxygen atoms in total. The highest BCUT2D eigenvalue weighted by molar-refractivity contribution is 9.10. The topological polar surface area (TPSA) is 97.6 Å². The lowest BCUT2D eigenvalue weighted by Gasteiger charge is -2.10. The maximum atomic E-state index is 12.5. The summed E-state index contributed by atoms with van der Waals surface area (Å²) in [7, 11) is 0. The van der Waals surface area contributed by atoms with Crippen molar-refractivity contribution in [2.24, 2.45) is 0 Å². The van der Waals surface area contributed by atoms with Gasteiger partial charge in [-0.25, -0.2) is 0 Å². The molecule has 2 rings (SSSR count). The Balaban J connectivity index is 2.07. The third-order valence-corrected chi connectivity index (χ3v) is 3.80. The van der Waals surface area contributed by atoms with Crippen molar-refractivity contribution >= 4 is 39.8 Å². The molecule has 0 atom stereocenters. The molecule has 2 aromatic rings. The summed E-state index contributed by atoms with van der Waals surface area (Å²) in [5, 5.41) is 5.25. The van der Waals surface area contributed by atoms with Crippen molar-refractivity contribution in [3.05, 3.63) is 64.2 Å². The Morgan fingerprint density at radius 2 is 2.04 bits per heavy atom. The van der Waals surface area contributed by atoms with Gasteiger partial charge in [0.15, 0.2) is 5.76 Å². The van der Waals surface area contributed by atoms with Gasteiger partial charge in [-0.1, -0.05) is 28.1 Å². The van der Waals surface area contributed by atoms with Crippen LogP contribution in [0.4, 0.5) is 0 Å². The van der Waals surface area contributed by atoms with Crippen molar-refractivity contribution in [3.8, 4) is 0 Å². The molecule has 0 aliphatic heterocycles. The number of benzene rings is 1. The van der Waals surface area contributed by atoms with Crippen molar-refractivity contribution in [1.29, 1.82) is 0 Å². The largest absolute Gasteiger partial charge is 0.466 e. The molecule has 142 valence electrons. The molecule has 1 aromatic carbocycles. The number of ether oxygens (including phenoxy) is 1. The summed E-state index contributed by atoms with van der Waals surface area (Å²) in [6.07, 6.45) is 3.40. The number of carbonyl (C=O) groups excluding carboxylic acids is 3. The number of halogens is 1. The molecular formula is C19H19BrN2O5. The molecule has 1 aromatic heterocycles. The average Bonchev–Trinajstić information content (AvgIpc) is 3.15. The fourth-order valence-corrected chi connectivity index (χ4v) is 2.52. The van der Waals surface area contributed by atoms with Gasteiger partial charge in [0.25, 0.3) is 11.8 Å². The van der Waals surface area contributed by atoms with Gasteiger partial charge in [0.2, 0.25) is 0 Å². The minimum absolute atomic E-state index is 0.0713. The summed E-state index contributed by atoms with van der Waals surface area (Å²) in [5.41, 5.74) is 0.802. The lowest BCUT2D eigenvalue weighted by Crippen LogP contribution is -2.35. The number of carbonyl (C=O) groups is 3. The van der Waals surface area contributed by atoms with Crippen molar-refractivity contribution in [2.75, 3.05) is 13.2 Å². The summed E-state index contributed by atoms with van der Waals surface area (Å²) >= 11 is 3.37. The van der Waals surface area contributed by atoms with Crippen LogP contribution in [-0.2, 0) is 14.3 Å². The van der Waals surface area contributed by atoms with Crippen molar-refractivity contribution in [2.45, 2.75) is 13.3 Å². The van der Waals surface area contributed by atoms with E-state index in [1.165, 1.54) is 19.3 Å². The molecule has 0 fully saturated rings. The molecule has 0 saturated heterocycles. The van der Waals surface area contributed by atoms with Crippen LogP contribution in [0, 0.1) is 0 Å². The second kappa shape index (κ2) is 10.3. The Hall–Kier alpha value is -2.87. The molecule has 0 unspecified atom stereocenters. The van der Waals surface area contributed by atoms with Crippen LogP contribution in [0.1, 0.15) is 29.5 Å². The van der Waals surface area contributed by atoms with Gasteiger partial charge in [-0.3, -0.25) is 14.4 Å². The maximum Gasteiger partial charge on any atom is 0.302 e. The van der Waals surface area contributed by atoms with Crippen molar-refractivity contribution in [1.82, 2.24) is 10.6 Å². The lowest BCUT2D eigenvalue weighted by atomic mass is 10.2. The molecule has 0 bridgehead atoms. The first-order chi connectivity index (χ1) is 13.0. The van der Waals surface area contributed by atoms with E-state index in [2.05, 4.69) is 26.6 Å². The van der Waals surface area contributed by atoms with Crippen molar-refractivity contribution in [3.63, 3.8) is 0 Å². The monoisotopic (exact) mass is 434 g/mol. The van der Waals surface area contributed by atoms with Gasteiger partial charge in [0, 0.05) is 17.9 Å². The molecule has 2 amide bonds. The molecule has 27 heavy (non-hydrogen) atoms. The fourth-order valence-electron chi connectivity index (χ4n) is 2.10. The zero-order chi connectivity index (χ0) is 19.6. The van der Waals surface area contributed by atoms with E-state index in [1.807, 2.05) is 18.2 Å². The van der Waals surface area contributed by atoms with Gasteiger partial charge >= 0.3 is 5.97 Å². The number of nitrogens with one attached hydrogen (secondary N) is 2. The Kier molecular flexibility index (Phi) is 7.81. The predicted octanol–water partition coefficient (Wildman–Crippen LogP) is 2.88. The van der Waals surface area contributed by atoms with Crippen LogP contribution in [-0.4, -0.2) is 30.9 Å². The molecule has 8 heteroatoms. The van der Waals surface area contributed by atoms with E-state index in [-0.39, 0.29) is 24.0 Å². The van der Waals surface area contributed by atoms with Gasteiger partial charge < -0.3 is 19.8 Å². The van der Waals surface area contributed by atoms with Crippen LogP contribution in [0.2, 0.25) is 0 Å². The molecule has 0 aliphatic carbocycles. The van der Waals surface area contributed by atoms with Crippen LogP contribution < -0.4 is 10.6 Å². The van der Waals surface area contributed by atoms with Gasteiger partial charge in [-0.15, -0.1) is 0 Å². The summed E-state index contributed by atoms with van der Waals surface area (Å²) in [4.78, 5) is 35.5. The van der Waals surface area contributed by atoms with Crippen LogP contribution in [0.3, 0.4) is 0 Å². The number of esters is 1. The molecule has 0 aliphatic rings. The first-order valence-corrected chi connectivity index (χ1v) is 8.98. The van der Waals surface area contributed by atoms with E-state index in [4.69, 9.17) is 9.15 Å².